The first-order chi connectivity index (χ1) is 14.4. The van der Waals surface area contributed by atoms with E-state index in [-0.39, 0.29) is 17.3 Å². The highest BCUT2D eigenvalue weighted by Crippen LogP contribution is 2.35. The topological polar surface area (TPSA) is 57.1 Å². The molecule has 30 heavy (non-hydrogen) atoms. The van der Waals surface area contributed by atoms with Crippen molar-refractivity contribution < 1.29 is 13.6 Å². The summed E-state index contributed by atoms with van der Waals surface area (Å²) in [6, 6.07) is 12.9. The van der Waals surface area contributed by atoms with E-state index in [0.717, 1.165) is 54.4 Å². The number of rotatable bonds is 4. The monoisotopic (exact) mass is 428 g/mol. The quantitative estimate of drug-likeness (QED) is 0.802. The SMILES string of the molecule is CN1CCC2(CC1)N=C(SCC(=O)Nc1ccc(F)cc1F)C(c1ccccc1)=N2. The zero-order valence-corrected chi connectivity index (χ0v) is 17.4. The molecule has 4 rings (SSSR count). The summed E-state index contributed by atoms with van der Waals surface area (Å²) in [6.07, 6.45) is 1.66. The van der Waals surface area contributed by atoms with Crippen molar-refractivity contribution in [2.45, 2.75) is 18.5 Å². The van der Waals surface area contributed by atoms with E-state index < -0.39 is 17.3 Å². The molecule has 1 fully saturated rings. The fourth-order valence-electron chi connectivity index (χ4n) is 3.52. The molecule has 0 saturated carbocycles. The maximum absolute atomic E-state index is 13.8. The third-order valence-corrected chi connectivity index (χ3v) is 6.18. The summed E-state index contributed by atoms with van der Waals surface area (Å²) in [5.41, 5.74) is 1.24. The van der Waals surface area contributed by atoms with E-state index >= 15 is 0 Å². The summed E-state index contributed by atoms with van der Waals surface area (Å²) in [5, 5.41) is 3.21. The van der Waals surface area contributed by atoms with Crippen molar-refractivity contribution in [2.24, 2.45) is 9.98 Å². The number of halogens is 2. The normalized spacial score (nSPS) is 18.2. The van der Waals surface area contributed by atoms with Gasteiger partial charge < -0.3 is 10.2 Å². The van der Waals surface area contributed by atoms with Crippen molar-refractivity contribution in [1.82, 2.24) is 4.90 Å². The Hall–Kier alpha value is -2.58. The Bertz CT molecular complexity index is 1000. The minimum absolute atomic E-state index is 0.0425. The van der Waals surface area contributed by atoms with Gasteiger partial charge in [0.05, 0.1) is 17.2 Å². The lowest BCUT2D eigenvalue weighted by Crippen LogP contribution is -2.39. The van der Waals surface area contributed by atoms with Crippen molar-refractivity contribution in [3.8, 4) is 0 Å². The number of hydrogen-bond acceptors (Lipinski definition) is 5. The molecule has 2 aromatic rings. The molecule has 2 aromatic carbocycles. The Morgan fingerprint density at radius 2 is 1.87 bits per heavy atom. The van der Waals surface area contributed by atoms with Crippen LogP contribution in [0.25, 0.3) is 0 Å². The van der Waals surface area contributed by atoms with Gasteiger partial charge in [-0.1, -0.05) is 42.1 Å². The van der Waals surface area contributed by atoms with Crippen LogP contribution in [0.4, 0.5) is 14.5 Å². The number of carbonyl (C=O) groups excluding carboxylic acids is 1. The van der Waals surface area contributed by atoms with E-state index in [2.05, 4.69) is 17.3 Å². The molecule has 1 N–H and O–H groups in total. The van der Waals surface area contributed by atoms with Crippen LogP contribution in [0.15, 0.2) is 58.5 Å². The number of benzene rings is 2. The van der Waals surface area contributed by atoms with Gasteiger partial charge >= 0.3 is 0 Å². The lowest BCUT2D eigenvalue weighted by molar-refractivity contribution is -0.113. The van der Waals surface area contributed by atoms with Crippen molar-refractivity contribution in [2.75, 3.05) is 31.2 Å². The highest BCUT2D eigenvalue weighted by atomic mass is 32.2. The number of hydrogen-bond donors (Lipinski definition) is 1. The molecule has 0 aromatic heterocycles. The minimum Gasteiger partial charge on any atom is -0.323 e. The molecule has 0 radical (unpaired) electrons. The number of piperidine rings is 1. The van der Waals surface area contributed by atoms with E-state index in [1.165, 1.54) is 17.8 Å². The second-order valence-corrected chi connectivity index (χ2v) is 8.45. The predicted octanol–water partition coefficient (Wildman–Crippen LogP) is 3.96. The molecule has 0 aliphatic carbocycles. The number of amides is 1. The summed E-state index contributed by atoms with van der Waals surface area (Å²) in [7, 11) is 2.09. The number of aliphatic imine (C=N–C) groups is 2. The Kier molecular flexibility index (Phi) is 5.97. The van der Waals surface area contributed by atoms with Crippen LogP contribution in [-0.2, 0) is 4.79 Å². The van der Waals surface area contributed by atoms with Crippen molar-refractivity contribution in [1.29, 1.82) is 0 Å². The van der Waals surface area contributed by atoms with Gasteiger partial charge in [-0.15, -0.1) is 0 Å². The van der Waals surface area contributed by atoms with E-state index in [0.29, 0.717) is 0 Å². The zero-order chi connectivity index (χ0) is 21.1. The third-order valence-electron chi connectivity index (χ3n) is 5.21. The second kappa shape index (κ2) is 8.65. The molecule has 156 valence electrons. The van der Waals surface area contributed by atoms with Gasteiger partial charge in [0.2, 0.25) is 5.91 Å². The molecule has 0 bridgehead atoms. The molecule has 2 aliphatic rings. The summed E-state index contributed by atoms with van der Waals surface area (Å²) >= 11 is 1.29. The standard InChI is InChI=1S/C22H22F2N4OS/c1-28-11-9-22(10-12-28)26-20(15-5-3-2-4-6-15)21(27-22)30-14-19(29)25-18-8-7-16(23)13-17(18)24/h2-8,13H,9-12,14H2,1H3,(H,25,29). The Labute approximate surface area is 178 Å². The first-order valence-electron chi connectivity index (χ1n) is 9.76. The van der Waals surface area contributed by atoms with Crippen molar-refractivity contribution in [3.05, 3.63) is 65.7 Å². The van der Waals surface area contributed by atoms with Gasteiger partial charge in [-0.05, 0) is 19.2 Å². The summed E-state index contributed by atoms with van der Waals surface area (Å²) in [5.74, 6) is -1.82. The minimum atomic E-state index is -0.802. The van der Waals surface area contributed by atoms with E-state index in [9.17, 15) is 13.6 Å². The number of anilines is 1. The average molecular weight is 429 g/mol. The van der Waals surface area contributed by atoms with Crippen molar-refractivity contribution >= 4 is 34.1 Å². The van der Waals surface area contributed by atoms with Crippen molar-refractivity contribution in [3.63, 3.8) is 0 Å². The highest BCUT2D eigenvalue weighted by Gasteiger charge is 2.39. The molecule has 0 unspecified atom stereocenters. The van der Waals surface area contributed by atoms with Crippen LogP contribution in [0, 0.1) is 11.6 Å². The van der Waals surface area contributed by atoms with Gasteiger partial charge in [0.1, 0.15) is 16.7 Å². The van der Waals surface area contributed by atoms with Gasteiger partial charge in [-0.25, -0.2) is 13.8 Å². The van der Waals surface area contributed by atoms with E-state index in [1.807, 2.05) is 30.3 Å². The molecular formula is C22H22F2N4OS. The lowest BCUT2D eigenvalue weighted by Gasteiger charge is -2.33. The van der Waals surface area contributed by atoms with E-state index in [4.69, 9.17) is 9.98 Å². The summed E-state index contributed by atoms with van der Waals surface area (Å²) in [6.45, 7) is 1.83. The molecular weight excluding hydrogens is 406 g/mol. The molecule has 0 atom stereocenters. The maximum atomic E-state index is 13.8. The predicted molar refractivity (Wildman–Crippen MR) is 117 cm³/mol. The molecule has 1 amide bonds. The van der Waals surface area contributed by atoms with Gasteiger partial charge in [-0.3, -0.25) is 9.79 Å². The van der Waals surface area contributed by atoms with Crippen LogP contribution < -0.4 is 5.32 Å². The first kappa shape index (κ1) is 20.7. The van der Waals surface area contributed by atoms with Crippen LogP contribution in [-0.4, -0.2) is 53.1 Å². The molecule has 2 heterocycles. The number of carbonyl (C=O) groups is 1. The molecule has 1 saturated heterocycles. The van der Waals surface area contributed by atoms with Gasteiger partial charge in [-0.2, -0.15) is 0 Å². The second-order valence-electron chi connectivity index (χ2n) is 7.49. The number of nitrogens with zero attached hydrogens (tertiary/aromatic N) is 3. The van der Waals surface area contributed by atoms with Gasteiger partial charge in [0, 0.05) is 37.6 Å². The Morgan fingerprint density at radius 3 is 2.57 bits per heavy atom. The summed E-state index contributed by atoms with van der Waals surface area (Å²) in [4.78, 5) is 24.5. The van der Waals surface area contributed by atoms with Crippen LogP contribution in [0.2, 0.25) is 0 Å². The smallest absolute Gasteiger partial charge is 0.234 e. The van der Waals surface area contributed by atoms with Crippen LogP contribution in [0.1, 0.15) is 18.4 Å². The molecule has 5 nitrogen and oxygen atoms in total. The molecule has 2 aliphatic heterocycles. The Morgan fingerprint density at radius 1 is 1.13 bits per heavy atom. The molecule has 8 heteroatoms. The maximum Gasteiger partial charge on any atom is 0.234 e. The highest BCUT2D eigenvalue weighted by molar-refractivity contribution is 8.16. The zero-order valence-electron chi connectivity index (χ0n) is 16.6. The number of thioether (sulfide) groups is 1. The van der Waals surface area contributed by atoms with E-state index in [1.54, 1.807) is 0 Å². The summed E-state index contributed by atoms with van der Waals surface area (Å²) < 4.78 is 26.8. The van der Waals surface area contributed by atoms with Crippen LogP contribution >= 0.6 is 11.8 Å². The van der Waals surface area contributed by atoms with Gasteiger partial charge in [0.25, 0.3) is 0 Å². The van der Waals surface area contributed by atoms with Crippen LogP contribution in [0.3, 0.4) is 0 Å². The number of likely N-dealkylation sites (tertiary alicyclic amines) is 1. The average Bonchev–Trinajstić information content (AvgIpc) is 3.10. The lowest BCUT2D eigenvalue weighted by atomic mass is 9.99. The largest absolute Gasteiger partial charge is 0.323 e. The fraction of sp³-hybridized carbons (Fsp3) is 0.318. The van der Waals surface area contributed by atoms with Crippen LogP contribution in [0.5, 0.6) is 0 Å². The third kappa shape index (κ3) is 4.60. The first-order valence-corrected chi connectivity index (χ1v) is 10.7. The Balaban J connectivity index is 1.49. The van der Waals surface area contributed by atoms with Gasteiger partial charge in [0.15, 0.2) is 5.66 Å². The number of nitrogens with one attached hydrogen (secondary N) is 1. The molecule has 1 spiro atoms. The fourth-order valence-corrected chi connectivity index (χ4v) is 4.39.